The summed E-state index contributed by atoms with van der Waals surface area (Å²) in [6.45, 7) is 4.37. The van der Waals surface area contributed by atoms with Crippen LogP contribution in [-0.4, -0.2) is 68.5 Å². The molecular formula is C27H55N2O6P. The molecule has 0 rings (SSSR count). The maximum absolute atomic E-state index is 12.5. The third-order valence-electron chi connectivity index (χ3n) is 5.98. The van der Waals surface area contributed by atoms with Gasteiger partial charge >= 0.3 is 0 Å². The molecule has 3 unspecified atom stereocenters. The number of carbonyl (C=O) groups excluding carboxylic acids is 1. The van der Waals surface area contributed by atoms with Crippen LogP contribution < -0.4 is 10.2 Å². The average Bonchev–Trinajstić information content (AvgIpc) is 2.79. The molecule has 0 fully saturated rings. The van der Waals surface area contributed by atoms with Crippen molar-refractivity contribution < 1.29 is 32.9 Å². The summed E-state index contributed by atoms with van der Waals surface area (Å²) in [6, 6.07) is -0.873. The van der Waals surface area contributed by atoms with E-state index in [0.717, 1.165) is 32.1 Å². The van der Waals surface area contributed by atoms with Gasteiger partial charge in [-0.05, 0) is 12.8 Å². The minimum Gasteiger partial charge on any atom is -0.756 e. The van der Waals surface area contributed by atoms with Gasteiger partial charge in [-0.1, -0.05) is 96.6 Å². The summed E-state index contributed by atoms with van der Waals surface area (Å²) in [5.74, 6) is -0.214. The van der Waals surface area contributed by atoms with E-state index in [0.29, 0.717) is 17.4 Å². The van der Waals surface area contributed by atoms with Gasteiger partial charge in [-0.15, -0.1) is 0 Å². The number of unbranched alkanes of at least 4 members (excludes halogenated alkanes) is 11. The lowest BCUT2D eigenvalue weighted by molar-refractivity contribution is -0.870. The number of nitrogens with one attached hydrogen (secondary N) is 1. The van der Waals surface area contributed by atoms with E-state index in [1.54, 1.807) is 6.08 Å². The Balaban J connectivity index is 4.42. The van der Waals surface area contributed by atoms with Gasteiger partial charge in [0.25, 0.3) is 7.82 Å². The molecule has 9 heteroatoms. The van der Waals surface area contributed by atoms with Crippen LogP contribution in [0.25, 0.3) is 0 Å². The molecule has 0 spiro atoms. The van der Waals surface area contributed by atoms with Crippen LogP contribution in [0.5, 0.6) is 0 Å². The Morgan fingerprint density at radius 3 is 2.03 bits per heavy atom. The molecule has 0 saturated carbocycles. The standard InChI is InChI=1S/C27H55N2O6P/c1-6-8-10-11-12-13-14-15-16-17-19-21-27(31)28-25(26(30)20-18-9-7-2)24-35-36(32,33)34-23-22-29(3,4)5/h18,20,25-26,30H,6-17,19,21-24H2,1-5H3,(H-,28,31,32,33)/b20-18+. The van der Waals surface area contributed by atoms with Gasteiger partial charge in [0.05, 0.1) is 39.9 Å². The van der Waals surface area contributed by atoms with Crippen LogP contribution in [0.15, 0.2) is 12.2 Å². The highest BCUT2D eigenvalue weighted by atomic mass is 31.2. The van der Waals surface area contributed by atoms with Crippen molar-refractivity contribution in [2.75, 3.05) is 40.9 Å². The van der Waals surface area contributed by atoms with Gasteiger partial charge in [-0.25, -0.2) is 0 Å². The highest BCUT2D eigenvalue weighted by molar-refractivity contribution is 7.45. The van der Waals surface area contributed by atoms with Crippen LogP contribution in [0.3, 0.4) is 0 Å². The first-order valence-electron chi connectivity index (χ1n) is 14.1. The number of rotatable bonds is 24. The predicted octanol–water partition coefficient (Wildman–Crippen LogP) is 5.10. The smallest absolute Gasteiger partial charge is 0.268 e. The van der Waals surface area contributed by atoms with Gasteiger partial charge in [0.15, 0.2) is 0 Å². The minimum absolute atomic E-state index is 0.000876. The highest BCUT2D eigenvalue weighted by Crippen LogP contribution is 2.38. The van der Waals surface area contributed by atoms with Gasteiger partial charge in [0.1, 0.15) is 13.2 Å². The van der Waals surface area contributed by atoms with Gasteiger partial charge in [0, 0.05) is 6.42 Å². The number of carbonyl (C=O) groups is 1. The van der Waals surface area contributed by atoms with E-state index in [2.05, 4.69) is 12.2 Å². The van der Waals surface area contributed by atoms with Crippen molar-refractivity contribution in [1.82, 2.24) is 5.32 Å². The molecule has 0 aliphatic carbocycles. The molecule has 2 N–H and O–H groups in total. The second-order valence-electron chi connectivity index (χ2n) is 10.8. The molecule has 214 valence electrons. The molecule has 0 radical (unpaired) electrons. The van der Waals surface area contributed by atoms with Crippen molar-refractivity contribution in [2.45, 2.75) is 116 Å². The average molecular weight is 535 g/mol. The summed E-state index contributed by atoms with van der Waals surface area (Å²) in [5, 5.41) is 13.3. The van der Waals surface area contributed by atoms with Gasteiger partial charge < -0.3 is 28.8 Å². The number of quaternary nitrogens is 1. The Bertz CT molecular complexity index is 624. The maximum Gasteiger partial charge on any atom is 0.268 e. The first-order valence-corrected chi connectivity index (χ1v) is 15.5. The molecule has 0 aliphatic heterocycles. The third-order valence-corrected chi connectivity index (χ3v) is 6.94. The van der Waals surface area contributed by atoms with Crippen LogP contribution in [0.4, 0.5) is 0 Å². The number of phosphoric ester groups is 1. The topological polar surface area (TPSA) is 108 Å². The quantitative estimate of drug-likeness (QED) is 0.0772. The van der Waals surface area contributed by atoms with Crippen LogP contribution >= 0.6 is 7.82 Å². The second kappa shape index (κ2) is 21.2. The zero-order valence-electron chi connectivity index (χ0n) is 23.7. The zero-order chi connectivity index (χ0) is 27.3. The van der Waals surface area contributed by atoms with Crippen molar-refractivity contribution in [2.24, 2.45) is 0 Å². The first-order chi connectivity index (χ1) is 17.0. The molecule has 0 saturated heterocycles. The molecule has 1 amide bonds. The molecule has 0 aliphatic rings. The number of hydrogen-bond acceptors (Lipinski definition) is 6. The first kappa shape index (κ1) is 35.2. The third kappa shape index (κ3) is 22.4. The van der Waals surface area contributed by atoms with Crippen LogP contribution in [0.2, 0.25) is 0 Å². The number of nitrogens with zero attached hydrogens (tertiary/aromatic N) is 1. The van der Waals surface area contributed by atoms with Crippen LogP contribution in [-0.2, 0) is 18.4 Å². The van der Waals surface area contributed by atoms with Crippen LogP contribution in [0, 0.1) is 0 Å². The van der Waals surface area contributed by atoms with Crippen molar-refractivity contribution in [3.8, 4) is 0 Å². The van der Waals surface area contributed by atoms with E-state index < -0.39 is 20.0 Å². The maximum atomic E-state index is 12.5. The van der Waals surface area contributed by atoms with Crippen molar-refractivity contribution >= 4 is 13.7 Å². The molecular weight excluding hydrogens is 479 g/mol. The summed E-state index contributed by atoms with van der Waals surface area (Å²) >= 11 is 0. The fourth-order valence-electron chi connectivity index (χ4n) is 3.63. The summed E-state index contributed by atoms with van der Waals surface area (Å²) in [7, 11) is 1.25. The fraction of sp³-hybridized carbons (Fsp3) is 0.889. The van der Waals surface area contributed by atoms with Crippen LogP contribution in [0.1, 0.15) is 104 Å². The van der Waals surface area contributed by atoms with Gasteiger partial charge in [-0.3, -0.25) is 9.36 Å². The SMILES string of the molecule is CCC/C=C/C(O)C(COP(=O)([O-])OCC[N+](C)(C)C)NC(=O)CCCCCCCCCCCCC. The van der Waals surface area contributed by atoms with Gasteiger partial charge in [-0.2, -0.15) is 0 Å². The zero-order valence-corrected chi connectivity index (χ0v) is 24.6. The molecule has 0 aromatic carbocycles. The van der Waals surface area contributed by atoms with E-state index in [1.165, 1.54) is 51.4 Å². The summed E-state index contributed by atoms with van der Waals surface area (Å²) in [5.41, 5.74) is 0. The molecule has 0 aromatic rings. The molecule has 0 aromatic heterocycles. The molecule has 8 nitrogen and oxygen atoms in total. The lowest BCUT2D eigenvalue weighted by Gasteiger charge is -2.29. The van der Waals surface area contributed by atoms with Crippen molar-refractivity contribution in [3.63, 3.8) is 0 Å². The van der Waals surface area contributed by atoms with E-state index in [1.807, 2.05) is 34.1 Å². The Labute approximate surface area is 221 Å². The highest BCUT2D eigenvalue weighted by Gasteiger charge is 2.23. The number of aliphatic hydroxyl groups excluding tert-OH is 1. The Kier molecular flexibility index (Phi) is 20.8. The number of phosphoric acid groups is 1. The summed E-state index contributed by atoms with van der Waals surface area (Å²) in [6.07, 6.45) is 17.6. The number of amides is 1. The normalized spacial score (nSPS) is 15.6. The van der Waals surface area contributed by atoms with E-state index >= 15 is 0 Å². The number of likely N-dealkylation sites (N-methyl/N-ethyl adjacent to an activating group) is 1. The van der Waals surface area contributed by atoms with Crippen molar-refractivity contribution in [3.05, 3.63) is 12.2 Å². The number of hydrogen-bond donors (Lipinski definition) is 2. The Morgan fingerprint density at radius 1 is 0.944 bits per heavy atom. The lowest BCUT2D eigenvalue weighted by atomic mass is 10.0. The lowest BCUT2D eigenvalue weighted by Crippen LogP contribution is -2.45. The van der Waals surface area contributed by atoms with Crippen molar-refractivity contribution in [1.29, 1.82) is 0 Å². The molecule has 0 bridgehead atoms. The van der Waals surface area contributed by atoms with E-state index in [9.17, 15) is 19.4 Å². The van der Waals surface area contributed by atoms with E-state index in [4.69, 9.17) is 9.05 Å². The number of allylic oxidation sites excluding steroid dienone is 1. The Morgan fingerprint density at radius 2 is 1.50 bits per heavy atom. The molecule has 36 heavy (non-hydrogen) atoms. The summed E-state index contributed by atoms with van der Waals surface area (Å²) < 4.78 is 22.6. The monoisotopic (exact) mass is 534 g/mol. The minimum atomic E-state index is -4.54. The molecule has 3 atom stereocenters. The fourth-order valence-corrected chi connectivity index (χ4v) is 4.35. The largest absolute Gasteiger partial charge is 0.756 e. The second-order valence-corrected chi connectivity index (χ2v) is 12.2. The van der Waals surface area contributed by atoms with E-state index in [-0.39, 0.29) is 19.1 Å². The number of aliphatic hydroxyl groups is 1. The predicted molar refractivity (Wildman–Crippen MR) is 145 cm³/mol. The Hall–Kier alpha value is -0.760. The molecule has 0 heterocycles. The van der Waals surface area contributed by atoms with Gasteiger partial charge in [0.2, 0.25) is 5.91 Å². The summed E-state index contributed by atoms with van der Waals surface area (Å²) in [4.78, 5) is 24.6.